The molecule has 0 saturated heterocycles. The van der Waals surface area contributed by atoms with E-state index >= 15 is 0 Å². The summed E-state index contributed by atoms with van der Waals surface area (Å²) in [6, 6.07) is 16.3. The molecule has 1 heterocycles. The van der Waals surface area contributed by atoms with Gasteiger partial charge in [0, 0.05) is 18.9 Å². The van der Waals surface area contributed by atoms with Gasteiger partial charge in [0.2, 0.25) is 5.91 Å². The Kier molecular flexibility index (Phi) is 5.78. The molecule has 1 aromatic heterocycles. The van der Waals surface area contributed by atoms with Crippen molar-refractivity contribution in [3.05, 3.63) is 77.6 Å². The third-order valence-electron chi connectivity index (χ3n) is 4.18. The van der Waals surface area contributed by atoms with Gasteiger partial charge in [0.25, 0.3) is 0 Å². The van der Waals surface area contributed by atoms with Crippen LogP contribution in [0.1, 0.15) is 23.6 Å². The Labute approximate surface area is 158 Å². The average molecular weight is 366 g/mol. The summed E-state index contributed by atoms with van der Waals surface area (Å²) in [7, 11) is 0. The first kappa shape index (κ1) is 18.3. The van der Waals surface area contributed by atoms with Crippen LogP contribution >= 0.6 is 11.8 Å². The number of aromatic nitrogens is 2. The molecule has 0 aliphatic rings. The van der Waals surface area contributed by atoms with Crippen LogP contribution in [-0.2, 0) is 11.3 Å². The van der Waals surface area contributed by atoms with Crippen molar-refractivity contribution in [2.45, 2.75) is 37.7 Å². The van der Waals surface area contributed by atoms with Crippen molar-refractivity contribution in [1.82, 2.24) is 14.9 Å². The summed E-state index contributed by atoms with van der Waals surface area (Å²) in [4.78, 5) is 16.9. The van der Waals surface area contributed by atoms with Gasteiger partial charge in [-0.1, -0.05) is 59.8 Å². The number of nitrogens with one attached hydrogen (secondary N) is 1. The van der Waals surface area contributed by atoms with Crippen LogP contribution in [0, 0.1) is 13.8 Å². The predicted molar refractivity (Wildman–Crippen MR) is 107 cm³/mol. The lowest BCUT2D eigenvalue weighted by Crippen LogP contribution is -2.30. The van der Waals surface area contributed by atoms with Crippen LogP contribution in [0.25, 0.3) is 5.69 Å². The molecule has 0 aliphatic heterocycles. The minimum atomic E-state index is -0.231. The number of nitrogens with zero attached hydrogens (tertiary/aromatic N) is 2. The molecule has 0 radical (unpaired) electrons. The smallest absolute Gasteiger partial charge is 0.233 e. The number of amides is 1. The van der Waals surface area contributed by atoms with Crippen molar-refractivity contribution < 1.29 is 4.79 Å². The third-order valence-corrected chi connectivity index (χ3v) is 5.26. The van der Waals surface area contributed by atoms with Crippen LogP contribution < -0.4 is 5.32 Å². The first-order valence-electron chi connectivity index (χ1n) is 8.64. The van der Waals surface area contributed by atoms with E-state index in [2.05, 4.69) is 42.3 Å². The van der Waals surface area contributed by atoms with Crippen molar-refractivity contribution >= 4 is 17.7 Å². The number of carbonyl (C=O) groups is 1. The topological polar surface area (TPSA) is 46.9 Å². The van der Waals surface area contributed by atoms with Gasteiger partial charge in [-0.2, -0.15) is 0 Å². The second-order valence-electron chi connectivity index (χ2n) is 6.33. The number of rotatable bonds is 6. The summed E-state index contributed by atoms with van der Waals surface area (Å²) in [5, 5.41) is 3.58. The van der Waals surface area contributed by atoms with E-state index in [1.165, 1.54) is 22.9 Å². The van der Waals surface area contributed by atoms with Gasteiger partial charge in [-0.15, -0.1) is 0 Å². The summed E-state index contributed by atoms with van der Waals surface area (Å²) in [5.41, 5.74) is 4.60. The molecule has 0 fully saturated rings. The van der Waals surface area contributed by atoms with Crippen molar-refractivity contribution in [3.8, 4) is 5.69 Å². The lowest BCUT2D eigenvalue weighted by atomic mass is 10.1. The molecule has 1 atom stereocenters. The van der Waals surface area contributed by atoms with E-state index < -0.39 is 0 Å². The highest BCUT2D eigenvalue weighted by Crippen LogP contribution is 2.26. The molecular formula is C21H23N3OS. The molecule has 1 N–H and O–H groups in total. The highest BCUT2D eigenvalue weighted by molar-refractivity contribution is 8.00. The molecule has 2 aromatic carbocycles. The maximum absolute atomic E-state index is 12.4. The second kappa shape index (κ2) is 8.23. The molecule has 4 nitrogen and oxygen atoms in total. The fourth-order valence-corrected chi connectivity index (χ4v) is 3.68. The average Bonchev–Trinajstić information content (AvgIpc) is 3.08. The van der Waals surface area contributed by atoms with Crippen LogP contribution in [0.4, 0.5) is 0 Å². The summed E-state index contributed by atoms with van der Waals surface area (Å²) in [5.74, 6) is 0.00836. The molecule has 0 unspecified atom stereocenters. The van der Waals surface area contributed by atoms with Gasteiger partial charge in [0.05, 0.1) is 10.9 Å². The minimum Gasteiger partial charge on any atom is -0.351 e. The van der Waals surface area contributed by atoms with Crippen LogP contribution in [-0.4, -0.2) is 20.7 Å². The fourth-order valence-electron chi connectivity index (χ4n) is 2.78. The maximum atomic E-state index is 12.4. The van der Waals surface area contributed by atoms with E-state index in [0.29, 0.717) is 6.54 Å². The Bertz CT molecular complexity index is 889. The fraction of sp³-hybridized carbons (Fsp3) is 0.238. The summed E-state index contributed by atoms with van der Waals surface area (Å²) in [6.45, 7) is 6.62. The van der Waals surface area contributed by atoms with Gasteiger partial charge in [-0.3, -0.25) is 9.36 Å². The van der Waals surface area contributed by atoms with Gasteiger partial charge in [0.1, 0.15) is 0 Å². The molecule has 0 spiro atoms. The molecule has 0 bridgehead atoms. The number of hydrogen-bond acceptors (Lipinski definition) is 3. The molecule has 5 heteroatoms. The zero-order chi connectivity index (χ0) is 18.5. The largest absolute Gasteiger partial charge is 0.351 e. The SMILES string of the molecule is Cc1ccc(-n2ccnc2S[C@@H](C)C(=O)NCc2ccccc2)c(C)c1. The Morgan fingerprint density at radius 3 is 2.69 bits per heavy atom. The molecule has 0 saturated carbocycles. The first-order valence-corrected chi connectivity index (χ1v) is 9.52. The van der Waals surface area contributed by atoms with Gasteiger partial charge >= 0.3 is 0 Å². The molecule has 134 valence electrons. The quantitative estimate of drug-likeness (QED) is 0.663. The molecule has 3 rings (SSSR count). The minimum absolute atomic E-state index is 0.00836. The highest BCUT2D eigenvalue weighted by Gasteiger charge is 2.18. The number of carbonyl (C=O) groups excluding carboxylic acids is 1. The highest BCUT2D eigenvalue weighted by atomic mass is 32.2. The molecule has 26 heavy (non-hydrogen) atoms. The van der Waals surface area contributed by atoms with E-state index in [0.717, 1.165) is 16.4 Å². The third kappa shape index (κ3) is 4.35. The number of hydrogen-bond donors (Lipinski definition) is 1. The Balaban J connectivity index is 1.67. The normalized spacial score (nSPS) is 12.0. The van der Waals surface area contributed by atoms with E-state index in [4.69, 9.17) is 0 Å². The number of aryl methyl sites for hydroxylation is 2. The molecule has 3 aromatic rings. The van der Waals surface area contributed by atoms with Crippen LogP contribution in [0.3, 0.4) is 0 Å². The van der Waals surface area contributed by atoms with E-state index in [-0.39, 0.29) is 11.2 Å². The molecule has 1 amide bonds. The second-order valence-corrected chi connectivity index (χ2v) is 7.64. The molecule has 0 aliphatic carbocycles. The number of benzene rings is 2. The van der Waals surface area contributed by atoms with Crippen molar-refractivity contribution in [1.29, 1.82) is 0 Å². The summed E-state index contributed by atoms with van der Waals surface area (Å²) >= 11 is 1.47. The maximum Gasteiger partial charge on any atom is 0.233 e. The summed E-state index contributed by atoms with van der Waals surface area (Å²) < 4.78 is 2.04. The zero-order valence-electron chi connectivity index (χ0n) is 15.3. The Morgan fingerprint density at radius 2 is 1.96 bits per heavy atom. The van der Waals surface area contributed by atoms with Gasteiger partial charge in [-0.05, 0) is 38.0 Å². The van der Waals surface area contributed by atoms with Crippen LogP contribution in [0.5, 0.6) is 0 Å². The first-order chi connectivity index (χ1) is 12.5. The lowest BCUT2D eigenvalue weighted by Gasteiger charge is -2.14. The monoisotopic (exact) mass is 365 g/mol. The Hall–Kier alpha value is -2.53. The van der Waals surface area contributed by atoms with Crippen LogP contribution in [0.2, 0.25) is 0 Å². The standard InChI is InChI=1S/C21H23N3OS/c1-15-9-10-19(16(2)13-15)24-12-11-22-21(24)26-17(3)20(25)23-14-18-7-5-4-6-8-18/h4-13,17H,14H2,1-3H3,(H,23,25)/t17-/m0/s1. The van der Waals surface area contributed by atoms with Crippen molar-refractivity contribution in [3.63, 3.8) is 0 Å². The van der Waals surface area contributed by atoms with Gasteiger partial charge in [-0.25, -0.2) is 4.98 Å². The van der Waals surface area contributed by atoms with Gasteiger partial charge < -0.3 is 5.32 Å². The lowest BCUT2D eigenvalue weighted by molar-refractivity contribution is -0.120. The Morgan fingerprint density at radius 1 is 1.19 bits per heavy atom. The number of imidazole rings is 1. The van der Waals surface area contributed by atoms with Crippen molar-refractivity contribution in [2.24, 2.45) is 0 Å². The predicted octanol–water partition coefficient (Wildman–Crippen LogP) is 4.29. The van der Waals surface area contributed by atoms with Gasteiger partial charge in [0.15, 0.2) is 5.16 Å². The van der Waals surface area contributed by atoms with Crippen molar-refractivity contribution in [2.75, 3.05) is 0 Å². The van der Waals surface area contributed by atoms with E-state index in [1.807, 2.05) is 48.0 Å². The van der Waals surface area contributed by atoms with E-state index in [1.54, 1.807) is 6.20 Å². The summed E-state index contributed by atoms with van der Waals surface area (Å²) in [6.07, 6.45) is 3.71. The van der Waals surface area contributed by atoms with E-state index in [9.17, 15) is 4.79 Å². The zero-order valence-corrected chi connectivity index (χ0v) is 16.1. The number of thioether (sulfide) groups is 1. The van der Waals surface area contributed by atoms with Crippen LogP contribution in [0.15, 0.2) is 66.1 Å². The molecular weight excluding hydrogens is 342 g/mol.